The van der Waals surface area contributed by atoms with E-state index in [1.54, 1.807) is 48.9 Å². The number of aromatic hydroxyl groups is 1. The first kappa shape index (κ1) is 20.3. The average Bonchev–Trinajstić information content (AvgIpc) is 3.06. The molecule has 0 amide bonds. The van der Waals surface area contributed by atoms with Crippen molar-refractivity contribution in [1.29, 1.82) is 0 Å². The van der Waals surface area contributed by atoms with Crippen molar-refractivity contribution >= 4 is 34.4 Å². The molecule has 3 aromatic rings. The van der Waals surface area contributed by atoms with Crippen molar-refractivity contribution in [2.45, 2.75) is 13.5 Å². The Hall–Kier alpha value is -3.46. The third kappa shape index (κ3) is 3.90. The van der Waals surface area contributed by atoms with E-state index in [0.717, 1.165) is 10.1 Å². The fourth-order valence-electron chi connectivity index (χ4n) is 2.80. The Balaban J connectivity index is 2.04. The number of allylic oxidation sites excluding steroid dienone is 2. The van der Waals surface area contributed by atoms with E-state index in [-0.39, 0.29) is 23.5 Å². The lowest BCUT2D eigenvalue weighted by Gasteiger charge is -2.13. The molecule has 0 atom stereocenters. The number of halogens is 1. The van der Waals surface area contributed by atoms with Crippen LogP contribution in [0.25, 0.3) is 16.9 Å². The van der Waals surface area contributed by atoms with Crippen LogP contribution in [0.15, 0.2) is 51.5 Å². The summed E-state index contributed by atoms with van der Waals surface area (Å²) in [5.74, 6) is 0.462. The van der Waals surface area contributed by atoms with Crippen molar-refractivity contribution in [2.75, 3.05) is 5.43 Å². The van der Waals surface area contributed by atoms with Crippen LogP contribution in [0.1, 0.15) is 12.5 Å². The highest BCUT2D eigenvalue weighted by atomic mass is 35.5. The molecule has 0 unspecified atom stereocenters. The Bertz CT molecular complexity index is 1230. The standard InChI is InChI=1S/C19H21ClN6O3/c1-11(20)9-10-26-15-16(24(3)19(29)25(4)17(15)28)21-18(26)23-22-12(2)13-5-7-14(27)8-6-13/h5-9,22,27H,2,10H2,1,3-4H3,(H,21,23). The minimum Gasteiger partial charge on any atom is -0.508 e. The molecule has 0 aliphatic heterocycles. The summed E-state index contributed by atoms with van der Waals surface area (Å²) in [5.41, 5.74) is 6.73. The molecule has 0 saturated heterocycles. The van der Waals surface area contributed by atoms with E-state index in [2.05, 4.69) is 22.4 Å². The molecular formula is C19H21ClN6O3. The van der Waals surface area contributed by atoms with Crippen LogP contribution in [0.2, 0.25) is 0 Å². The summed E-state index contributed by atoms with van der Waals surface area (Å²) >= 11 is 5.96. The predicted octanol–water partition coefficient (Wildman–Crippen LogP) is 1.87. The molecule has 3 N–H and O–H groups in total. The van der Waals surface area contributed by atoms with Crippen molar-refractivity contribution in [3.05, 3.63) is 68.4 Å². The maximum absolute atomic E-state index is 12.7. The summed E-state index contributed by atoms with van der Waals surface area (Å²) in [7, 11) is 2.97. The molecule has 0 aliphatic carbocycles. The molecule has 0 saturated carbocycles. The third-order valence-electron chi connectivity index (χ3n) is 4.44. The predicted molar refractivity (Wildman–Crippen MR) is 114 cm³/mol. The maximum atomic E-state index is 12.7. The quantitative estimate of drug-likeness (QED) is 0.530. The van der Waals surface area contributed by atoms with Gasteiger partial charge in [0, 0.05) is 25.7 Å². The smallest absolute Gasteiger partial charge is 0.332 e. The van der Waals surface area contributed by atoms with E-state index < -0.39 is 11.2 Å². The first-order chi connectivity index (χ1) is 13.7. The van der Waals surface area contributed by atoms with Gasteiger partial charge in [-0.15, -0.1) is 0 Å². The number of rotatable bonds is 6. The second kappa shape index (κ2) is 7.88. The summed E-state index contributed by atoms with van der Waals surface area (Å²) in [4.78, 5) is 29.4. The molecule has 9 nitrogen and oxygen atoms in total. The number of hydrazine groups is 1. The van der Waals surface area contributed by atoms with E-state index in [1.165, 1.54) is 11.6 Å². The van der Waals surface area contributed by atoms with Gasteiger partial charge in [-0.2, -0.15) is 4.98 Å². The Labute approximate surface area is 171 Å². The van der Waals surface area contributed by atoms with Crippen LogP contribution in [0.3, 0.4) is 0 Å². The van der Waals surface area contributed by atoms with E-state index in [1.807, 2.05) is 0 Å². The van der Waals surface area contributed by atoms with Gasteiger partial charge in [-0.05, 0) is 36.8 Å². The number of hydrogen-bond acceptors (Lipinski definition) is 6. The summed E-state index contributed by atoms with van der Waals surface area (Å²) in [5, 5.41) is 9.97. The molecule has 0 spiro atoms. The molecule has 29 heavy (non-hydrogen) atoms. The number of phenols is 1. The largest absolute Gasteiger partial charge is 0.508 e. The Morgan fingerprint density at radius 3 is 2.52 bits per heavy atom. The number of imidazole rings is 1. The van der Waals surface area contributed by atoms with Gasteiger partial charge in [0.2, 0.25) is 5.95 Å². The number of nitrogens with one attached hydrogen (secondary N) is 2. The molecule has 0 bridgehead atoms. The van der Waals surface area contributed by atoms with E-state index >= 15 is 0 Å². The molecule has 0 radical (unpaired) electrons. The van der Waals surface area contributed by atoms with Crippen LogP contribution in [0, 0.1) is 0 Å². The lowest BCUT2D eigenvalue weighted by Crippen LogP contribution is -2.37. The molecule has 0 aliphatic rings. The molecule has 3 rings (SSSR count). The Kier molecular flexibility index (Phi) is 5.51. The second-order valence-electron chi connectivity index (χ2n) is 6.49. The molecule has 1 aromatic carbocycles. The fourth-order valence-corrected chi connectivity index (χ4v) is 2.87. The molecule has 10 heteroatoms. The zero-order valence-corrected chi connectivity index (χ0v) is 17.0. The zero-order valence-electron chi connectivity index (χ0n) is 16.2. The highest BCUT2D eigenvalue weighted by Crippen LogP contribution is 2.18. The molecule has 2 heterocycles. The van der Waals surface area contributed by atoms with Gasteiger partial charge in [0.1, 0.15) is 5.75 Å². The number of nitrogens with zero attached hydrogens (tertiary/aromatic N) is 4. The Morgan fingerprint density at radius 2 is 1.90 bits per heavy atom. The van der Waals surface area contributed by atoms with Crippen molar-refractivity contribution in [3.8, 4) is 5.75 Å². The number of aromatic nitrogens is 4. The first-order valence-electron chi connectivity index (χ1n) is 8.69. The summed E-state index contributed by atoms with van der Waals surface area (Å²) in [6.45, 7) is 5.95. The SMILES string of the molecule is C=C(NNc1nc2c(c(=O)n(C)c(=O)n2C)n1CC=C(C)Cl)c1ccc(O)cc1. The number of fused-ring (bicyclic) bond motifs is 1. The fraction of sp³-hybridized carbons (Fsp3) is 0.211. The normalized spacial score (nSPS) is 11.7. The zero-order chi connectivity index (χ0) is 21.3. The van der Waals surface area contributed by atoms with Crippen molar-refractivity contribution in [3.63, 3.8) is 0 Å². The van der Waals surface area contributed by atoms with Gasteiger partial charge < -0.3 is 5.11 Å². The van der Waals surface area contributed by atoms with Crippen LogP contribution in [0.4, 0.5) is 5.95 Å². The number of aryl methyl sites for hydroxylation is 1. The van der Waals surface area contributed by atoms with Gasteiger partial charge >= 0.3 is 5.69 Å². The van der Waals surface area contributed by atoms with Gasteiger partial charge in [0.25, 0.3) is 5.56 Å². The van der Waals surface area contributed by atoms with E-state index in [0.29, 0.717) is 16.7 Å². The van der Waals surface area contributed by atoms with Gasteiger partial charge in [0.15, 0.2) is 11.2 Å². The van der Waals surface area contributed by atoms with Crippen LogP contribution in [-0.2, 0) is 20.6 Å². The lowest BCUT2D eigenvalue weighted by molar-refractivity contribution is 0.475. The van der Waals surface area contributed by atoms with E-state index in [9.17, 15) is 14.7 Å². The monoisotopic (exact) mass is 416 g/mol. The molecular weight excluding hydrogens is 396 g/mol. The van der Waals surface area contributed by atoms with Crippen molar-refractivity contribution < 1.29 is 5.11 Å². The van der Waals surface area contributed by atoms with Crippen molar-refractivity contribution in [1.82, 2.24) is 24.1 Å². The number of phenolic OH excluding ortho intramolecular Hbond substituents is 1. The first-order valence-corrected chi connectivity index (χ1v) is 9.07. The van der Waals surface area contributed by atoms with Gasteiger partial charge in [0.05, 0.1) is 5.70 Å². The van der Waals surface area contributed by atoms with E-state index in [4.69, 9.17) is 11.6 Å². The maximum Gasteiger partial charge on any atom is 0.332 e. The van der Waals surface area contributed by atoms with Crippen LogP contribution < -0.4 is 22.1 Å². The second-order valence-corrected chi connectivity index (χ2v) is 7.09. The Morgan fingerprint density at radius 1 is 1.24 bits per heavy atom. The topological polar surface area (TPSA) is 106 Å². The van der Waals surface area contributed by atoms with Gasteiger partial charge in [-0.3, -0.25) is 29.3 Å². The molecule has 2 aromatic heterocycles. The number of hydrogen-bond donors (Lipinski definition) is 3. The molecule has 152 valence electrons. The van der Waals surface area contributed by atoms with Crippen LogP contribution in [-0.4, -0.2) is 23.8 Å². The van der Waals surface area contributed by atoms with Gasteiger partial charge in [-0.25, -0.2) is 4.79 Å². The van der Waals surface area contributed by atoms with Gasteiger partial charge in [-0.1, -0.05) is 24.3 Å². The number of anilines is 1. The minimum absolute atomic E-state index is 0.149. The van der Waals surface area contributed by atoms with Crippen molar-refractivity contribution in [2.24, 2.45) is 14.1 Å². The number of benzene rings is 1. The molecule has 0 fully saturated rings. The average molecular weight is 417 g/mol. The van der Waals surface area contributed by atoms with Crippen LogP contribution >= 0.6 is 11.6 Å². The third-order valence-corrected chi connectivity index (χ3v) is 4.60. The summed E-state index contributed by atoms with van der Waals surface area (Å²) in [6, 6.07) is 6.50. The highest BCUT2D eigenvalue weighted by Gasteiger charge is 2.18. The highest BCUT2D eigenvalue weighted by molar-refractivity contribution is 6.29. The summed E-state index contributed by atoms with van der Waals surface area (Å²) in [6.07, 6.45) is 1.73. The lowest BCUT2D eigenvalue weighted by atomic mass is 10.2. The minimum atomic E-state index is -0.468. The van der Waals surface area contributed by atoms with Crippen LogP contribution in [0.5, 0.6) is 5.75 Å². The summed E-state index contributed by atoms with van der Waals surface area (Å²) < 4.78 is 3.97.